The van der Waals surface area contributed by atoms with Gasteiger partial charge >= 0.3 is 0 Å². The van der Waals surface area contributed by atoms with Crippen molar-refractivity contribution < 1.29 is 0 Å². The maximum atomic E-state index is 2.44. The van der Waals surface area contributed by atoms with Gasteiger partial charge in [-0.15, -0.1) is 0 Å². The average molecular weight is 178 g/mol. The van der Waals surface area contributed by atoms with E-state index in [1.54, 1.807) is 5.17 Å². The summed E-state index contributed by atoms with van der Waals surface area (Å²) in [5.74, 6) is 0. The highest BCUT2D eigenvalue weighted by Crippen LogP contribution is 2.03. The Morgan fingerprint density at radius 2 is 2.00 bits per heavy atom. The van der Waals surface area contributed by atoms with E-state index in [-0.39, 0.29) is 8.40 Å². The van der Waals surface area contributed by atoms with Gasteiger partial charge in [-0.25, -0.2) is 0 Å². The summed E-state index contributed by atoms with van der Waals surface area (Å²) < 4.78 is 0. The third-order valence-corrected chi connectivity index (χ3v) is 5.03. The van der Waals surface area contributed by atoms with Crippen molar-refractivity contribution in [2.45, 2.75) is 39.2 Å². The van der Waals surface area contributed by atoms with Crippen LogP contribution in [0.4, 0.5) is 0 Å². The summed E-state index contributed by atoms with van der Waals surface area (Å²) in [5.41, 5.74) is 2.44. The van der Waals surface area contributed by atoms with Gasteiger partial charge in [-0.1, -0.05) is 55.7 Å². The molecule has 0 radical (unpaired) electrons. The molecule has 1 aromatic heterocycles. The summed E-state index contributed by atoms with van der Waals surface area (Å²) in [5, 5.41) is 1.73. The summed E-state index contributed by atoms with van der Waals surface area (Å²) in [7, 11) is -0.251. The predicted octanol–water partition coefficient (Wildman–Crippen LogP) is 3.07. The standard InChI is InChI=1S/C11H18Si/c1-3-7-11-8-5-6-10-12(11)9-4-2/h5-6,8,10H,3-4,7,9H2,1-2H3. The molecule has 1 rings (SSSR count). The fourth-order valence-corrected chi connectivity index (χ4v) is 4.05. The molecule has 0 nitrogen and oxygen atoms in total. The number of hydrogen-bond donors (Lipinski definition) is 0. The number of hydrogen-bond acceptors (Lipinski definition) is 0. The van der Waals surface area contributed by atoms with Crippen molar-refractivity contribution in [3.8, 4) is 0 Å². The molecule has 66 valence electrons. The summed E-state index contributed by atoms with van der Waals surface area (Å²) >= 11 is 0. The Hall–Kier alpha value is -0.433. The van der Waals surface area contributed by atoms with Gasteiger partial charge in [0.25, 0.3) is 0 Å². The van der Waals surface area contributed by atoms with Crippen LogP contribution in [0.2, 0.25) is 0 Å². The molecule has 0 bridgehead atoms. The van der Waals surface area contributed by atoms with Crippen LogP contribution >= 0.6 is 0 Å². The molecular formula is C11H18Si. The van der Waals surface area contributed by atoms with E-state index in [9.17, 15) is 0 Å². The van der Waals surface area contributed by atoms with Crippen molar-refractivity contribution >= 4 is 8.40 Å². The molecule has 0 spiro atoms. The first-order chi connectivity index (χ1) is 5.88. The Bertz CT molecular complexity index is 205. The van der Waals surface area contributed by atoms with Crippen LogP contribution in [-0.4, -0.2) is 8.40 Å². The predicted molar refractivity (Wildman–Crippen MR) is 56.7 cm³/mol. The first-order valence-electron chi connectivity index (χ1n) is 4.95. The maximum Gasteiger partial charge on any atom is 0.0404 e. The highest BCUT2D eigenvalue weighted by molar-refractivity contribution is 6.52. The fourth-order valence-electron chi connectivity index (χ4n) is 1.58. The molecule has 0 saturated heterocycles. The van der Waals surface area contributed by atoms with E-state index in [1.807, 2.05) is 0 Å². The molecule has 0 saturated carbocycles. The van der Waals surface area contributed by atoms with E-state index in [1.165, 1.54) is 25.3 Å². The van der Waals surface area contributed by atoms with Crippen LogP contribution in [-0.2, 0) is 12.5 Å². The van der Waals surface area contributed by atoms with Crippen molar-refractivity contribution in [3.05, 3.63) is 29.1 Å². The maximum absolute atomic E-state index is 2.44. The molecule has 1 aromatic rings. The minimum Gasteiger partial charge on any atom is -0.0776 e. The summed E-state index contributed by atoms with van der Waals surface area (Å²) in [6.07, 6.45) is 3.94. The normalized spacial score (nSPS) is 10.2. The van der Waals surface area contributed by atoms with Crippen LogP contribution < -0.4 is 0 Å². The Balaban J connectivity index is 2.77. The molecule has 0 unspecified atom stereocenters. The minimum absolute atomic E-state index is 0.251. The molecule has 0 amide bonds. The van der Waals surface area contributed by atoms with E-state index >= 15 is 0 Å². The van der Waals surface area contributed by atoms with Gasteiger partial charge < -0.3 is 0 Å². The summed E-state index contributed by atoms with van der Waals surface area (Å²) in [6.45, 7) is 4.55. The van der Waals surface area contributed by atoms with Gasteiger partial charge in [0.15, 0.2) is 0 Å². The average Bonchev–Trinajstić information content (AvgIpc) is 2.09. The number of rotatable bonds is 4. The first-order valence-corrected chi connectivity index (χ1v) is 6.73. The second-order valence-electron chi connectivity index (χ2n) is 3.27. The molecule has 0 fully saturated rings. The lowest BCUT2D eigenvalue weighted by Gasteiger charge is -2.05. The van der Waals surface area contributed by atoms with E-state index in [0.717, 1.165) is 0 Å². The van der Waals surface area contributed by atoms with Gasteiger partial charge in [0.2, 0.25) is 0 Å². The highest BCUT2D eigenvalue weighted by atomic mass is 28.2. The SMILES string of the molecule is CCCc1cccc[si]1CCC. The first kappa shape index (κ1) is 9.65. The van der Waals surface area contributed by atoms with Gasteiger partial charge in [0, 0.05) is 8.40 Å². The van der Waals surface area contributed by atoms with Gasteiger partial charge in [0.05, 0.1) is 0 Å². The van der Waals surface area contributed by atoms with Crippen LogP contribution in [0.3, 0.4) is 0 Å². The third-order valence-electron chi connectivity index (χ3n) is 2.16. The monoisotopic (exact) mass is 178 g/mol. The summed E-state index contributed by atoms with van der Waals surface area (Å²) in [6, 6.07) is 8.17. The molecule has 0 aliphatic rings. The summed E-state index contributed by atoms with van der Waals surface area (Å²) in [4.78, 5) is 0. The molecule has 0 aliphatic heterocycles. The lowest BCUT2D eigenvalue weighted by atomic mass is 10.3. The van der Waals surface area contributed by atoms with Crippen LogP contribution in [0.5, 0.6) is 0 Å². The minimum atomic E-state index is -0.251. The zero-order valence-corrected chi connectivity index (χ0v) is 9.14. The Morgan fingerprint density at radius 3 is 2.67 bits per heavy atom. The van der Waals surface area contributed by atoms with E-state index < -0.39 is 0 Å². The van der Waals surface area contributed by atoms with Crippen LogP contribution in [0.1, 0.15) is 31.9 Å². The lowest BCUT2D eigenvalue weighted by Crippen LogP contribution is -2.06. The zero-order valence-electron chi connectivity index (χ0n) is 8.14. The highest BCUT2D eigenvalue weighted by Gasteiger charge is 1.99. The van der Waals surface area contributed by atoms with Crippen molar-refractivity contribution in [1.82, 2.24) is 0 Å². The smallest absolute Gasteiger partial charge is 0.0404 e. The van der Waals surface area contributed by atoms with E-state index in [4.69, 9.17) is 0 Å². The van der Waals surface area contributed by atoms with Crippen LogP contribution in [0.15, 0.2) is 23.9 Å². The molecular weight excluding hydrogens is 160 g/mol. The van der Waals surface area contributed by atoms with E-state index in [2.05, 4.69) is 37.7 Å². The molecule has 1 heterocycles. The molecule has 0 aliphatic carbocycles. The Labute approximate surface area is 77.2 Å². The molecule has 0 aromatic carbocycles. The van der Waals surface area contributed by atoms with Crippen LogP contribution in [0.25, 0.3) is 0 Å². The molecule has 0 N–H and O–H groups in total. The van der Waals surface area contributed by atoms with Gasteiger partial charge in [0.1, 0.15) is 0 Å². The van der Waals surface area contributed by atoms with Crippen molar-refractivity contribution in [2.75, 3.05) is 0 Å². The number of aryl methyl sites for hydroxylation is 2. The van der Waals surface area contributed by atoms with Gasteiger partial charge in [-0.3, -0.25) is 0 Å². The molecule has 0 atom stereocenters. The fraction of sp³-hybridized carbons (Fsp3) is 0.545. The van der Waals surface area contributed by atoms with E-state index in [0.29, 0.717) is 0 Å². The van der Waals surface area contributed by atoms with Crippen molar-refractivity contribution in [2.24, 2.45) is 0 Å². The van der Waals surface area contributed by atoms with Crippen LogP contribution in [0, 0.1) is 0 Å². The second kappa shape index (κ2) is 5.25. The zero-order chi connectivity index (χ0) is 8.81. The molecule has 12 heavy (non-hydrogen) atoms. The van der Waals surface area contributed by atoms with Gasteiger partial charge in [-0.2, -0.15) is 0 Å². The largest absolute Gasteiger partial charge is 0.0776 e. The lowest BCUT2D eigenvalue weighted by molar-refractivity contribution is 0.927. The Morgan fingerprint density at radius 1 is 1.17 bits per heavy atom. The third kappa shape index (κ3) is 2.56. The van der Waals surface area contributed by atoms with Crippen molar-refractivity contribution in [1.29, 1.82) is 0 Å². The second-order valence-corrected chi connectivity index (χ2v) is 5.79. The Kier molecular flexibility index (Phi) is 4.23. The quantitative estimate of drug-likeness (QED) is 0.622. The van der Waals surface area contributed by atoms with Gasteiger partial charge in [-0.05, 0) is 12.5 Å². The molecule has 1 heteroatoms. The van der Waals surface area contributed by atoms with Crippen molar-refractivity contribution in [3.63, 3.8) is 0 Å². The topological polar surface area (TPSA) is 0 Å².